The van der Waals surface area contributed by atoms with Crippen LogP contribution in [0.25, 0.3) is 32.9 Å². The average Bonchev–Trinajstić information content (AvgIpc) is 3.75. The highest BCUT2D eigenvalue weighted by Crippen LogP contribution is 2.43. The molecule has 4 saturated heterocycles. The highest BCUT2D eigenvalue weighted by atomic mass is 19.1. The van der Waals surface area contributed by atoms with Crippen LogP contribution in [0, 0.1) is 24.0 Å². The van der Waals surface area contributed by atoms with Crippen molar-refractivity contribution in [3.8, 4) is 35.4 Å². The maximum absolute atomic E-state index is 17.0. The summed E-state index contributed by atoms with van der Waals surface area (Å²) < 4.78 is 79.9. The molecule has 0 amide bonds. The number of methoxy groups -OCH3 is 1. The molecule has 8 rings (SSSR count). The molecule has 0 unspecified atom stereocenters. The molecule has 12 heteroatoms. The van der Waals surface area contributed by atoms with Crippen LogP contribution in [0.5, 0.6) is 11.8 Å². The van der Waals surface area contributed by atoms with E-state index in [0.717, 1.165) is 25.8 Å². The summed E-state index contributed by atoms with van der Waals surface area (Å²) in [4.78, 5) is 18.0. The van der Waals surface area contributed by atoms with E-state index in [1.807, 2.05) is 4.90 Å². The molecule has 2 bridgehead atoms. The first kappa shape index (κ1) is 27.5. The van der Waals surface area contributed by atoms with Gasteiger partial charge in [-0.05, 0) is 67.8 Å². The number of aromatic hydroxyl groups is 1. The van der Waals surface area contributed by atoms with Crippen molar-refractivity contribution < 1.29 is 31.9 Å². The number of phenols is 1. The number of fused-ring (bicyclic) bond motifs is 5. The predicted octanol–water partition coefficient (Wildman–Crippen LogP) is 5.24. The second-order valence-electron chi connectivity index (χ2n) is 13.5. The Labute approximate surface area is 280 Å². The molecule has 0 spiro atoms. The second kappa shape index (κ2) is 11.6. The Kier molecular flexibility index (Phi) is 6.65. The van der Waals surface area contributed by atoms with E-state index < -0.39 is 29.8 Å². The van der Waals surface area contributed by atoms with E-state index in [2.05, 4.69) is 26.1 Å². The highest BCUT2D eigenvalue weighted by Gasteiger charge is 2.48. The Bertz CT molecular complexity index is 2150. The molecular formula is C36H35F3N6O3. The molecule has 2 aromatic carbocycles. The van der Waals surface area contributed by atoms with Crippen LogP contribution in [0.4, 0.5) is 19.0 Å². The summed E-state index contributed by atoms with van der Waals surface area (Å²) >= 11 is 0. The number of hydrogen-bond donors (Lipinski definition) is 2. The highest BCUT2D eigenvalue weighted by molar-refractivity contribution is 6.03. The Hall–Kier alpha value is -4.44. The number of benzene rings is 2. The van der Waals surface area contributed by atoms with Gasteiger partial charge in [-0.25, -0.2) is 13.2 Å². The van der Waals surface area contributed by atoms with E-state index in [1.165, 1.54) is 30.5 Å². The first-order chi connectivity index (χ1) is 24.4. The minimum absolute atomic E-state index is 0.0171. The van der Waals surface area contributed by atoms with Crippen molar-refractivity contribution in [3.05, 3.63) is 59.6 Å². The molecule has 0 radical (unpaired) electrons. The lowest BCUT2D eigenvalue weighted by atomic mass is 9.94. The summed E-state index contributed by atoms with van der Waals surface area (Å²) in [5.41, 5.74) is -0.807. The Balaban J connectivity index is 1.25. The molecule has 0 saturated carbocycles. The van der Waals surface area contributed by atoms with Crippen molar-refractivity contribution in [2.75, 3.05) is 51.3 Å². The lowest BCUT2D eigenvalue weighted by molar-refractivity contribution is 0.107. The zero-order valence-corrected chi connectivity index (χ0v) is 26.0. The molecule has 4 aromatic rings. The van der Waals surface area contributed by atoms with Crippen LogP contribution >= 0.6 is 0 Å². The van der Waals surface area contributed by atoms with Gasteiger partial charge in [0.15, 0.2) is 5.82 Å². The van der Waals surface area contributed by atoms with Gasteiger partial charge in [-0.15, -0.1) is 6.42 Å². The maximum Gasteiger partial charge on any atom is 0.319 e. The van der Waals surface area contributed by atoms with Crippen LogP contribution in [-0.4, -0.2) is 88.5 Å². The third-order valence-corrected chi connectivity index (χ3v) is 10.5. The zero-order valence-electron chi connectivity index (χ0n) is 29.0. The third kappa shape index (κ3) is 4.95. The standard InChI is InChI=1S/C36H35F3N6O3/c1-3-25-28(38)6-5-22-11-24(46)12-26(29(22)25)31-30(39)32-27(15-40-31)33(44-17-23-7-9-35(18-44,43-23)19-47-2)42-34(41-32)48-20-36-8-4-10-45(36)16-21(13-36)14-37/h1,5-6,11-12,14-15,23,43,46H,4,7-10,13,16-20H2,2H3/b21-14-/t23-,35+,36-/m0/s1/i2D3. The van der Waals surface area contributed by atoms with Gasteiger partial charge in [0.05, 0.1) is 39.1 Å². The first-order valence-corrected chi connectivity index (χ1v) is 16.0. The normalized spacial score (nSPS) is 27.3. The molecule has 3 atom stereocenters. The van der Waals surface area contributed by atoms with E-state index in [4.69, 9.17) is 25.0 Å². The lowest BCUT2D eigenvalue weighted by Gasteiger charge is -2.41. The van der Waals surface area contributed by atoms with Crippen molar-refractivity contribution in [1.82, 2.24) is 25.2 Å². The average molecular weight is 660 g/mol. The van der Waals surface area contributed by atoms with E-state index in [-0.39, 0.29) is 64.1 Å². The number of ether oxygens (including phenoxy) is 2. The summed E-state index contributed by atoms with van der Waals surface area (Å²) in [6, 6.07) is 5.21. The minimum Gasteiger partial charge on any atom is -0.508 e. The monoisotopic (exact) mass is 659 g/mol. The molecule has 6 heterocycles. The molecule has 4 fully saturated rings. The molecule has 4 aliphatic heterocycles. The number of rotatable bonds is 7. The van der Waals surface area contributed by atoms with Gasteiger partial charge in [0.1, 0.15) is 35.2 Å². The van der Waals surface area contributed by atoms with Crippen LogP contribution in [0.2, 0.25) is 0 Å². The number of nitrogens with zero attached hydrogens (tertiary/aromatic N) is 5. The van der Waals surface area contributed by atoms with Gasteiger partial charge >= 0.3 is 6.01 Å². The van der Waals surface area contributed by atoms with E-state index in [0.29, 0.717) is 55.6 Å². The largest absolute Gasteiger partial charge is 0.508 e. The van der Waals surface area contributed by atoms with Crippen LogP contribution in [0.15, 0.2) is 42.4 Å². The zero-order chi connectivity index (χ0) is 35.7. The van der Waals surface area contributed by atoms with Crippen molar-refractivity contribution in [2.24, 2.45) is 0 Å². The Morgan fingerprint density at radius 2 is 2.15 bits per heavy atom. The number of piperazine rings is 1. The number of hydrogen-bond acceptors (Lipinski definition) is 9. The van der Waals surface area contributed by atoms with Crippen molar-refractivity contribution >= 4 is 27.5 Å². The van der Waals surface area contributed by atoms with E-state index >= 15 is 4.39 Å². The number of pyridine rings is 1. The van der Waals surface area contributed by atoms with Crippen molar-refractivity contribution in [3.63, 3.8) is 0 Å². The summed E-state index contributed by atoms with van der Waals surface area (Å²) in [6.45, 7) is 2.18. The van der Waals surface area contributed by atoms with Crippen LogP contribution in [0.1, 0.15) is 41.8 Å². The molecule has 4 aliphatic rings. The molecule has 48 heavy (non-hydrogen) atoms. The fourth-order valence-electron chi connectivity index (χ4n) is 8.36. The van der Waals surface area contributed by atoms with Gasteiger partial charge in [0, 0.05) is 49.9 Å². The second-order valence-corrected chi connectivity index (χ2v) is 13.5. The SMILES string of the molecule is [2H]C([2H])([2H])OC[C@@]12CC[C@@H](CN(c3nc(OC[C@@]45CCCN4C/C(=C\F)C5)nc4c(F)c(-c5cc(O)cc6ccc(F)c(C#C)c56)ncc34)C1)N2. The number of anilines is 1. The van der Waals surface area contributed by atoms with Gasteiger partial charge in [-0.3, -0.25) is 9.88 Å². The Morgan fingerprint density at radius 1 is 1.25 bits per heavy atom. The fraction of sp³-hybridized carbons (Fsp3) is 0.417. The van der Waals surface area contributed by atoms with Gasteiger partial charge in [0.25, 0.3) is 0 Å². The van der Waals surface area contributed by atoms with Gasteiger partial charge < -0.3 is 24.8 Å². The third-order valence-electron chi connectivity index (χ3n) is 10.5. The first-order valence-electron chi connectivity index (χ1n) is 17.5. The van der Waals surface area contributed by atoms with Crippen LogP contribution < -0.4 is 15.0 Å². The van der Waals surface area contributed by atoms with E-state index in [9.17, 15) is 13.9 Å². The number of aromatic nitrogens is 3. The van der Waals surface area contributed by atoms with Crippen LogP contribution in [-0.2, 0) is 4.74 Å². The molecule has 2 N–H and O–H groups in total. The summed E-state index contributed by atoms with van der Waals surface area (Å²) in [6.07, 6.45) is 11.4. The smallest absolute Gasteiger partial charge is 0.319 e. The topological polar surface area (TPSA) is 95.9 Å². The van der Waals surface area contributed by atoms with Crippen molar-refractivity contribution in [1.29, 1.82) is 0 Å². The molecule has 248 valence electrons. The predicted molar refractivity (Wildman–Crippen MR) is 176 cm³/mol. The van der Waals surface area contributed by atoms with Crippen molar-refractivity contribution in [2.45, 2.75) is 49.2 Å². The summed E-state index contributed by atoms with van der Waals surface area (Å²) in [5, 5.41) is 15.0. The molecule has 9 nitrogen and oxygen atoms in total. The van der Waals surface area contributed by atoms with Gasteiger partial charge in [0.2, 0.25) is 0 Å². The maximum atomic E-state index is 17.0. The summed E-state index contributed by atoms with van der Waals surface area (Å²) in [7, 11) is -2.58. The summed E-state index contributed by atoms with van der Waals surface area (Å²) in [5.74, 6) is 0.957. The number of phenolic OH excluding ortho intramolecular Hbond substituents is 1. The molecule has 2 aromatic heterocycles. The van der Waals surface area contributed by atoms with E-state index in [1.54, 1.807) is 0 Å². The quantitative estimate of drug-likeness (QED) is 0.259. The van der Waals surface area contributed by atoms with Crippen LogP contribution in [0.3, 0.4) is 0 Å². The van der Waals surface area contributed by atoms with Gasteiger partial charge in [-0.2, -0.15) is 9.97 Å². The minimum atomic E-state index is -2.58. The lowest BCUT2D eigenvalue weighted by Crippen LogP contribution is -2.61. The Morgan fingerprint density at radius 3 is 2.98 bits per heavy atom. The fourth-order valence-corrected chi connectivity index (χ4v) is 8.36. The molecular weight excluding hydrogens is 621 g/mol. The number of terminal acetylenes is 1. The number of halogens is 3. The number of nitrogens with one attached hydrogen (secondary N) is 1. The molecule has 0 aliphatic carbocycles. The van der Waals surface area contributed by atoms with Gasteiger partial charge in [-0.1, -0.05) is 12.0 Å².